The first-order valence-corrected chi connectivity index (χ1v) is 14.8. The van der Waals surface area contributed by atoms with Crippen molar-refractivity contribution < 1.29 is 14.4 Å². The van der Waals surface area contributed by atoms with E-state index in [4.69, 9.17) is 34.7 Å². The number of rotatable bonds is 8. The number of carbonyl (C=O) groups is 3. The third-order valence-electron chi connectivity index (χ3n) is 7.90. The Hall–Kier alpha value is -3.51. The van der Waals surface area contributed by atoms with Crippen LogP contribution in [0.15, 0.2) is 29.3 Å². The van der Waals surface area contributed by atoms with Gasteiger partial charge in [-0.05, 0) is 24.8 Å². The van der Waals surface area contributed by atoms with Gasteiger partial charge in [0.25, 0.3) is 0 Å². The Kier molecular flexibility index (Phi) is 10.2. The van der Waals surface area contributed by atoms with Crippen LogP contribution in [0.5, 0.6) is 0 Å². The van der Waals surface area contributed by atoms with Crippen LogP contribution in [0.3, 0.4) is 0 Å². The molecule has 2 aliphatic rings. The maximum absolute atomic E-state index is 13.3. The first-order valence-electron chi connectivity index (χ1n) is 14.1. The summed E-state index contributed by atoms with van der Waals surface area (Å²) in [4.78, 5) is 48.9. The minimum Gasteiger partial charge on any atom is -0.370 e. The molecule has 2 atom stereocenters. The molecular weight excluding hydrogens is 581 g/mol. The molecular formula is C28H39Cl2N9O3. The second kappa shape index (κ2) is 13.6. The normalized spacial score (nSPS) is 18.4. The second-order valence-electron chi connectivity index (χ2n) is 11.0. The van der Waals surface area contributed by atoms with Crippen LogP contribution >= 0.6 is 23.2 Å². The number of guanidine groups is 1. The lowest BCUT2D eigenvalue weighted by atomic mass is 9.83. The molecule has 2 fully saturated rings. The molecule has 0 bridgehead atoms. The number of carbonyl (C=O) groups excluding carboxylic acids is 3. The lowest BCUT2D eigenvalue weighted by Gasteiger charge is -2.42. The van der Waals surface area contributed by atoms with Crippen molar-refractivity contribution in [2.75, 3.05) is 45.2 Å². The van der Waals surface area contributed by atoms with E-state index >= 15 is 0 Å². The fourth-order valence-electron chi connectivity index (χ4n) is 5.72. The number of hydrogen-bond acceptors (Lipinski definition) is 6. The largest absolute Gasteiger partial charge is 0.370 e. The summed E-state index contributed by atoms with van der Waals surface area (Å²) in [6.45, 7) is 0.660. The van der Waals surface area contributed by atoms with Crippen LogP contribution in [-0.2, 0) is 21.4 Å². The van der Waals surface area contributed by atoms with Crippen LogP contribution in [0, 0.1) is 5.92 Å². The fraction of sp³-hybridized carbons (Fsp3) is 0.536. The lowest BCUT2D eigenvalue weighted by Crippen LogP contribution is -2.61. The molecule has 14 heteroatoms. The summed E-state index contributed by atoms with van der Waals surface area (Å²) in [5, 5.41) is 8.18. The van der Waals surface area contributed by atoms with E-state index in [9.17, 15) is 14.4 Å². The van der Waals surface area contributed by atoms with E-state index in [1.165, 1.54) is 4.90 Å². The van der Waals surface area contributed by atoms with Crippen LogP contribution in [0.2, 0.25) is 10.0 Å². The summed E-state index contributed by atoms with van der Waals surface area (Å²) in [5.41, 5.74) is 12.5. The van der Waals surface area contributed by atoms with E-state index in [1.807, 2.05) is 17.0 Å². The van der Waals surface area contributed by atoms with Crippen molar-refractivity contribution >= 4 is 52.7 Å². The molecule has 0 spiro atoms. The first-order chi connectivity index (χ1) is 20.0. The molecule has 1 aliphatic carbocycles. The number of nitrogens with zero attached hydrogens (tertiary/aromatic N) is 6. The molecule has 1 saturated carbocycles. The van der Waals surface area contributed by atoms with Gasteiger partial charge in [-0.3, -0.25) is 19.1 Å². The van der Waals surface area contributed by atoms with Gasteiger partial charge in [-0.15, -0.1) is 0 Å². The Bertz CT molecular complexity index is 1340. The molecule has 12 nitrogen and oxygen atoms in total. The predicted molar refractivity (Wildman–Crippen MR) is 164 cm³/mol. The fourth-order valence-corrected chi connectivity index (χ4v) is 6.12. The van der Waals surface area contributed by atoms with Crippen molar-refractivity contribution in [1.82, 2.24) is 24.9 Å². The number of nitrogens with two attached hydrogens (primary N) is 2. The summed E-state index contributed by atoms with van der Waals surface area (Å²) >= 11 is 12.7. The number of piperazine rings is 1. The van der Waals surface area contributed by atoms with Gasteiger partial charge < -0.3 is 31.5 Å². The van der Waals surface area contributed by atoms with Crippen LogP contribution in [0.1, 0.15) is 32.1 Å². The molecule has 1 saturated heterocycles. The van der Waals surface area contributed by atoms with Crippen molar-refractivity contribution in [1.29, 1.82) is 0 Å². The number of aliphatic imine (C=N–C) groups is 1. The van der Waals surface area contributed by atoms with Gasteiger partial charge in [-0.2, -0.15) is 5.10 Å². The van der Waals surface area contributed by atoms with Crippen LogP contribution < -0.4 is 21.7 Å². The number of aryl methyl sites for hydroxylation is 1. The average molecular weight is 621 g/mol. The van der Waals surface area contributed by atoms with Gasteiger partial charge in [0.05, 0.1) is 28.8 Å². The third-order valence-corrected chi connectivity index (χ3v) is 8.72. The van der Waals surface area contributed by atoms with Gasteiger partial charge in [-0.1, -0.05) is 54.6 Å². The van der Waals surface area contributed by atoms with Crippen molar-refractivity contribution in [3.05, 3.63) is 34.3 Å². The Morgan fingerprint density at radius 3 is 2.52 bits per heavy atom. The lowest BCUT2D eigenvalue weighted by molar-refractivity contribution is -0.137. The topological polar surface area (TPSA) is 155 Å². The molecule has 228 valence electrons. The summed E-state index contributed by atoms with van der Waals surface area (Å²) in [7, 11) is 5.15. The van der Waals surface area contributed by atoms with Crippen molar-refractivity contribution in [3.63, 3.8) is 0 Å². The van der Waals surface area contributed by atoms with E-state index in [0.717, 1.165) is 32.1 Å². The maximum Gasteiger partial charge on any atom is 0.246 e. The molecule has 4 rings (SSSR count). The second-order valence-corrected chi connectivity index (χ2v) is 11.8. The summed E-state index contributed by atoms with van der Waals surface area (Å²) in [6.07, 6.45) is 4.88. The summed E-state index contributed by atoms with van der Waals surface area (Å²) < 4.78 is 1.69. The van der Waals surface area contributed by atoms with Gasteiger partial charge in [-0.25, -0.2) is 4.99 Å². The minimum absolute atomic E-state index is 0.0344. The van der Waals surface area contributed by atoms with Crippen molar-refractivity contribution in [2.45, 2.75) is 44.2 Å². The molecule has 2 aromatic rings. The average Bonchev–Trinajstić information content (AvgIpc) is 3.36. The molecule has 1 unspecified atom stereocenters. The number of anilines is 1. The highest BCUT2D eigenvalue weighted by Crippen LogP contribution is 2.35. The summed E-state index contributed by atoms with van der Waals surface area (Å²) in [6, 6.07) is 5.81. The maximum atomic E-state index is 13.3. The zero-order valence-corrected chi connectivity index (χ0v) is 25.7. The van der Waals surface area contributed by atoms with Gasteiger partial charge in [0.2, 0.25) is 17.7 Å². The Balaban J connectivity index is 1.48. The zero-order valence-electron chi connectivity index (χ0n) is 24.2. The quantitative estimate of drug-likeness (QED) is 0.301. The van der Waals surface area contributed by atoms with E-state index in [2.05, 4.69) is 15.4 Å². The minimum atomic E-state index is -0.727. The van der Waals surface area contributed by atoms with Gasteiger partial charge in [0, 0.05) is 45.9 Å². The number of halogens is 2. The van der Waals surface area contributed by atoms with E-state index in [-0.39, 0.29) is 42.7 Å². The molecule has 3 amide bonds. The zero-order chi connectivity index (χ0) is 30.6. The van der Waals surface area contributed by atoms with Crippen molar-refractivity contribution in [3.8, 4) is 11.3 Å². The first kappa shape index (κ1) is 31.4. The van der Waals surface area contributed by atoms with E-state index in [0.29, 0.717) is 40.2 Å². The number of likely N-dealkylation sites (N-methyl/N-ethyl adjacent to an activating group) is 1. The number of amides is 3. The predicted octanol–water partition coefficient (Wildman–Crippen LogP) is 1.84. The molecule has 1 aromatic heterocycles. The Morgan fingerprint density at radius 2 is 1.86 bits per heavy atom. The van der Waals surface area contributed by atoms with E-state index < -0.39 is 12.1 Å². The summed E-state index contributed by atoms with van der Waals surface area (Å²) in [5.74, 6) is -0.232. The number of benzene rings is 1. The van der Waals surface area contributed by atoms with Crippen LogP contribution in [0.4, 0.5) is 5.82 Å². The molecule has 5 N–H and O–H groups in total. The number of nitrogens with one attached hydrogen (secondary N) is 1. The highest BCUT2D eigenvalue weighted by atomic mass is 35.5. The molecule has 1 aromatic carbocycles. The van der Waals surface area contributed by atoms with Gasteiger partial charge in [0.1, 0.15) is 17.9 Å². The third kappa shape index (κ3) is 7.09. The van der Waals surface area contributed by atoms with Gasteiger partial charge in [0.15, 0.2) is 5.96 Å². The molecule has 1 aliphatic heterocycles. The SMILES string of the molecule is CN(C)C(=O)C1CN(C(=O)CNC(=O)[C@H](N=C(N)N)C2CCCCC2)CCN1c1cc(-c2cccc(Cl)c2Cl)nn1C. The van der Waals surface area contributed by atoms with Crippen LogP contribution in [-0.4, -0.2) is 95.6 Å². The van der Waals surface area contributed by atoms with Gasteiger partial charge >= 0.3 is 0 Å². The highest BCUT2D eigenvalue weighted by molar-refractivity contribution is 6.43. The standard InChI is InChI=1S/C28H39Cl2N9O3/c1-36(2)27(42)21-16-38(23(40)15-33-26(41)25(34-28(31)32)17-8-5-4-6-9-17)12-13-39(21)22-14-20(35-37(22)3)18-10-7-11-19(29)24(18)30/h7,10-11,14,17,21,25H,4-6,8-9,12-13,15-16H2,1-3H3,(H,33,41)(H4,31,32,34)/t21?,25-/m1/s1. The smallest absolute Gasteiger partial charge is 0.246 e. The number of hydrogen-bond donors (Lipinski definition) is 3. The monoisotopic (exact) mass is 619 g/mol. The number of aromatic nitrogens is 2. The van der Waals surface area contributed by atoms with Crippen molar-refractivity contribution in [2.24, 2.45) is 29.4 Å². The van der Waals surface area contributed by atoms with E-state index in [1.54, 1.807) is 42.9 Å². The molecule has 42 heavy (non-hydrogen) atoms. The van der Waals surface area contributed by atoms with Crippen LogP contribution in [0.25, 0.3) is 11.3 Å². The Morgan fingerprint density at radius 1 is 1.14 bits per heavy atom. The molecule has 2 heterocycles. The highest BCUT2D eigenvalue weighted by Gasteiger charge is 2.37. The Labute approximate surface area is 256 Å². The molecule has 0 radical (unpaired) electrons.